The van der Waals surface area contributed by atoms with Crippen molar-refractivity contribution in [3.8, 4) is 0 Å². The highest BCUT2D eigenvalue weighted by molar-refractivity contribution is 5.77. The number of nitrogens with one attached hydrogen (secondary N) is 1. The normalized spacial score (nSPS) is 17.3. The van der Waals surface area contributed by atoms with Crippen LogP contribution in [0.2, 0.25) is 0 Å². The summed E-state index contributed by atoms with van der Waals surface area (Å²) in [4.78, 5) is 15.6. The maximum atomic E-state index is 11.4. The average molecular weight is 199 g/mol. The van der Waals surface area contributed by atoms with Crippen LogP contribution in [0.1, 0.15) is 12.8 Å². The van der Waals surface area contributed by atoms with Crippen LogP contribution in [0, 0.1) is 0 Å². The molecule has 82 valence electrons. The molecule has 0 unspecified atom stereocenters. The van der Waals surface area contributed by atoms with Crippen molar-refractivity contribution in [2.45, 2.75) is 12.8 Å². The van der Waals surface area contributed by atoms with E-state index in [9.17, 15) is 4.79 Å². The molecule has 4 heteroatoms. The van der Waals surface area contributed by atoms with Gasteiger partial charge in [-0.05, 0) is 33.0 Å². The number of hydrogen-bond donors (Lipinski definition) is 1. The number of likely N-dealkylation sites (tertiary alicyclic amines) is 1. The Bertz CT molecular complexity index is 178. The third-order valence-electron chi connectivity index (χ3n) is 2.70. The van der Waals surface area contributed by atoms with Crippen molar-refractivity contribution in [2.75, 3.05) is 46.8 Å². The fourth-order valence-electron chi connectivity index (χ4n) is 1.71. The van der Waals surface area contributed by atoms with Crippen LogP contribution in [-0.4, -0.2) is 62.5 Å². The zero-order chi connectivity index (χ0) is 10.4. The van der Waals surface area contributed by atoms with Gasteiger partial charge in [-0.15, -0.1) is 0 Å². The van der Waals surface area contributed by atoms with E-state index < -0.39 is 0 Å². The molecule has 1 rings (SSSR count). The summed E-state index contributed by atoms with van der Waals surface area (Å²) in [6.45, 7) is 4.71. The summed E-state index contributed by atoms with van der Waals surface area (Å²) in [6, 6.07) is 0. The molecule has 0 atom stereocenters. The largest absolute Gasteiger partial charge is 0.343 e. The van der Waals surface area contributed by atoms with E-state index in [0.29, 0.717) is 6.54 Å². The van der Waals surface area contributed by atoms with E-state index in [1.165, 1.54) is 25.9 Å². The zero-order valence-corrected chi connectivity index (χ0v) is 9.25. The van der Waals surface area contributed by atoms with Crippen LogP contribution in [0.15, 0.2) is 0 Å². The Morgan fingerprint density at radius 1 is 1.43 bits per heavy atom. The van der Waals surface area contributed by atoms with Gasteiger partial charge in [-0.25, -0.2) is 0 Å². The second kappa shape index (κ2) is 5.98. The number of likely N-dealkylation sites (N-methyl/N-ethyl adjacent to an activating group) is 2. The van der Waals surface area contributed by atoms with Crippen molar-refractivity contribution in [3.05, 3.63) is 0 Å². The second-order valence-electron chi connectivity index (χ2n) is 3.89. The van der Waals surface area contributed by atoms with Gasteiger partial charge in [0.05, 0.1) is 6.54 Å². The monoisotopic (exact) mass is 199 g/mol. The molecule has 1 heterocycles. The van der Waals surface area contributed by atoms with E-state index in [-0.39, 0.29) is 5.91 Å². The molecule has 1 saturated heterocycles. The first kappa shape index (κ1) is 11.5. The van der Waals surface area contributed by atoms with Gasteiger partial charge in [0.25, 0.3) is 0 Å². The van der Waals surface area contributed by atoms with Crippen LogP contribution in [0.5, 0.6) is 0 Å². The predicted molar refractivity (Wildman–Crippen MR) is 57.2 cm³/mol. The van der Waals surface area contributed by atoms with Gasteiger partial charge in [-0.2, -0.15) is 0 Å². The van der Waals surface area contributed by atoms with E-state index in [0.717, 1.165) is 13.1 Å². The van der Waals surface area contributed by atoms with Gasteiger partial charge in [-0.3, -0.25) is 4.79 Å². The van der Waals surface area contributed by atoms with Gasteiger partial charge in [0.2, 0.25) is 5.91 Å². The molecule has 0 bridgehead atoms. The quantitative estimate of drug-likeness (QED) is 0.664. The van der Waals surface area contributed by atoms with Crippen molar-refractivity contribution >= 4 is 5.91 Å². The first-order valence-corrected chi connectivity index (χ1v) is 5.35. The molecule has 14 heavy (non-hydrogen) atoms. The van der Waals surface area contributed by atoms with Crippen molar-refractivity contribution in [2.24, 2.45) is 0 Å². The maximum absolute atomic E-state index is 11.4. The summed E-state index contributed by atoms with van der Waals surface area (Å²) in [5.41, 5.74) is 0. The Morgan fingerprint density at radius 3 is 2.64 bits per heavy atom. The lowest BCUT2D eigenvalue weighted by Gasteiger charge is -2.21. The third-order valence-corrected chi connectivity index (χ3v) is 2.70. The molecule has 1 aliphatic heterocycles. The van der Waals surface area contributed by atoms with Crippen molar-refractivity contribution in [1.82, 2.24) is 15.1 Å². The van der Waals surface area contributed by atoms with E-state index in [2.05, 4.69) is 10.2 Å². The molecule has 0 saturated carbocycles. The smallest absolute Gasteiger partial charge is 0.236 e. The van der Waals surface area contributed by atoms with E-state index in [1.807, 2.05) is 7.05 Å². The highest BCUT2D eigenvalue weighted by atomic mass is 16.2. The topological polar surface area (TPSA) is 35.6 Å². The fourth-order valence-corrected chi connectivity index (χ4v) is 1.71. The SMILES string of the molecule is CNCC(=O)N(C)CCN1CCCC1. The molecule has 0 radical (unpaired) electrons. The lowest BCUT2D eigenvalue weighted by Crippen LogP contribution is -2.39. The molecule has 0 aromatic rings. The predicted octanol–water partition coefficient (Wildman–Crippen LogP) is -0.240. The van der Waals surface area contributed by atoms with Crippen LogP contribution >= 0.6 is 0 Å². The molecular formula is C10H21N3O. The Morgan fingerprint density at radius 2 is 2.07 bits per heavy atom. The summed E-state index contributed by atoms with van der Waals surface area (Å²) in [5, 5.41) is 2.87. The van der Waals surface area contributed by atoms with E-state index in [4.69, 9.17) is 0 Å². The summed E-state index contributed by atoms with van der Waals surface area (Å²) in [5.74, 6) is 0.173. The Hall–Kier alpha value is -0.610. The average Bonchev–Trinajstić information content (AvgIpc) is 2.67. The fraction of sp³-hybridized carbons (Fsp3) is 0.900. The first-order valence-electron chi connectivity index (χ1n) is 5.35. The summed E-state index contributed by atoms with van der Waals surface area (Å²) >= 11 is 0. The summed E-state index contributed by atoms with van der Waals surface area (Å²) in [7, 11) is 3.67. The Labute approximate surface area is 86.2 Å². The lowest BCUT2D eigenvalue weighted by atomic mass is 10.4. The first-order chi connectivity index (χ1) is 6.74. The van der Waals surface area contributed by atoms with E-state index >= 15 is 0 Å². The molecule has 0 spiro atoms. The number of carbonyl (C=O) groups excluding carboxylic acids is 1. The number of rotatable bonds is 5. The van der Waals surface area contributed by atoms with Gasteiger partial charge < -0.3 is 15.1 Å². The highest BCUT2D eigenvalue weighted by Crippen LogP contribution is 2.06. The molecule has 1 amide bonds. The minimum absolute atomic E-state index is 0.173. The summed E-state index contributed by atoms with van der Waals surface area (Å²) in [6.07, 6.45) is 2.63. The van der Waals surface area contributed by atoms with Gasteiger partial charge in [0.1, 0.15) is 0 Å². The van der Waals surface area contributed by atoms with Gasteiger partial charge in [0.15, 0.2) is 0 Å². The molecule has 1 N–H and O–H groups in total. The van der Waals surface area contributed by atoms with Crippen LogP contribution < -0.4 is 5.32 Å². The Kier molecular flexibility index (Phi) is 4.90. The van der Waals surface area contributed by atoms with Gasteiger partial charge >= 0.3 is 0 Å². The van der Waals surface area contributed by atoms with E-state index in [1.54, 1.807) is 11.9 Å². The van der Waals surface area contributed by atoms with Crippen LogP contribution in [-0.2, 0) is 4.79 Å². The maximum Gasteiger partial charge on any atom is 0.236 e. The molecule has 0 aliphatic carbocycles. The number of nitrogens with zero attached hydrogens (tertiary/aromatic N) is 2. The van der Waals surface area contributed by atoms with Crippen molar-refractivity contribution < 1.29 is 4.79 Å². The molecule has 4 nitrogen and oxygen atoms in total. The third kappa shape index (κ3) is 3.64. The summed E-state index contributed by atoms with van der Waals surface area (Å²) < 4.78 is 0. The molecule has 0 aromatic heterocycles. The van der Waals surface area contributed by atoms with Crippen LogP contribution in [0.25, 0.3) is 0 Å². The number of hydrogen-bond acceptors (Lipinski definition) is 3. The van der Waals surface area contributed by atoms with Gasteiger partial charge in [-0.1, -0.05) is 0 Å². The number of carbonyl (C=O) groups is 1. The minimum atomic E-state index is 0.173. The minimum Gasteiger partial charge on any atom is -0.343 e. The second-order valence-corrected chi connectivity index (χ2v) is 3.89. The molecule has 1 fully saturated rings. The molecule has 1 aliphatic rings. The van der Waals surface area contributed by atoms with Crippen LogP contribution in [0.3, 0.4) is 0 Å². The van der Waals surface area contributed by atoms with Crippen molar-refractivity contribution in [3.63, 3.8) is 0 Å². The standard InChI is InChI=1S/C10H21N3O/c1-11-9-10(14)12(2)7-8-13-5-3-4-6-13/h11H,3-9H2,1-2H3. The van der Waals surface area contributed by atoms with Crippen molar-refractivity contribution in [1.29, 1.82) is 0 Å². The molecule has 0 aromatic carbocycles. The zero-order valence-electron chi connectivity index (χ0n) is 9.25. The van der Waals surface area contributed by atoms with Crippen LogP contribution in [0.4, 0.5) is 0 Å². The highest BCUT2D eigenvalue weighted by Gasteiger charge is 2.13. The molecular weight excluding hydrogens is 178 g/mol. The number of amides is 1. The van der Waals surface area contributed by atoms with Gasteiger partial charge in [0, 0.05) is 20.1 Å². The Balaban J connectivity index is 2.13. The lowest BCUT2D eigenvalue weighted by molar-refractivity contribution is -0.129.